The summed E-state index contributed by atoms with van der Waals surface area (Å²) in [6.45, 7) is 4.87. The third-order valence-corrected chi connectivity index (χ3v) is 6.66. The van der Waals surface area contributed by atoms with Crippen molar-refractivity contribution in [2.24, 2.45) is 11.8 Å². The van der Waals surface area contributed by atoms with Gasteiger partial charge in [-0.15, -0.1) is 0 Å². The Bertz CT molecular complexity index is 1340. The molecule has 1 atom stereocenters. The maximum Gasteiger partial charge on any atom is 0.335 e. The molecular formula is C27H29N3O5. The molecule has 0 spiro atoms. The predicted octanol–water partition coefficient (Wildman–Crippen LogP) is 3.62. The number of Topliss-reactive ketones (excluding diaryl/α,β-unsaturated/α-hetero) is 1. The van der Waals surface area contributed by atoms with Crippen LogP contribution < -0.4 is 5.56 Å². The molecule has 2 N–H and O–H groups in total. The van der Waals surface area contributed by atoms with E-state index in [1.165, 1.54) is 12.1 Å². The number of fused-ring (bicyclic) bond motifs is 1. The van der Waals surface area contributed by atoms with Gasteiger partial charge in [0.05, 0.1) is 16.5 Å². The zero-order chi connectivity index (χ0) is 25.1. The number of nitrogens with zero attached hydrogens (tertiary/aromatic N) is 2. The number of aromatic amines is 1. The summed E-state index contributed by atoms with van der Waals surface area (Å²) in [4.78, 5) is 58.6. The highest BCUT2D eigenvalue weighted by molar-refractivity contribution is 6.00. The first kappa shape index (κ1) is 24.3. The second-order valence-electron chi connectivity index (χ2n) is 9.40. The van der Waals surface area contributed by atoms with Gasteiger partial charge in [-0.2, -0.15) is 0 Å². The van der Waals surface area contributed by atoms with E-state index in [2.05, 4.69) is 9.97 Å². The van der Waals surface area contributed by atoms with Crippen LogP contribution in [0.4, 0.5) is 0 Å². The number of aromatic nitrogens is 2. The number of benzene rings is 2. The Balaban J connectivity index is 1.33. The van der Waals surface area contributed by atoms with E-state index in [9.17, 15) is 19.2 Å². The SMILES string of the molecule is Cc1cccc2c(=O)[nH]c(C[C@H](C)CC(=O)N3CCC(C(=O)c4cccc(C(=O)O)c4)CC3)nc12. The quantitative estimate of drug-likeness (QED) is 0.504. The molecule has 4 rings (SSSR count). The Labute approximate surface area is 203 Å². The standard InChI is InChI=1S/C27H29N3O5/c1-16(13-22-28-24-17(2)5-3-8-21(24)26(33)29-22)14-23(31)30-11-9-18(10-12-30)25(32)19-6-4-7-20(15-19)27(34)35/h3-8,15-16,18H,9-14H2,1-2H3,(H,34,35)(H,28,29,33)/t16-/m0/s1. The lowest BCUT2D eigenvalue weighted by Gasteiger charge is -2.32. The number of carbonyl (C=O) groups is 3. The van der Waals surface area contributed by atoms with Gasteiger partial charge in [0.2, 0.25) is 5.91 Å². The highest BCUT2D eigenvalue weighted by Crippen LogP contribution is 2.24. The average molecular weight is 476 g/mol. The van der Waals surface area contributed by atoms with Gasteiger partial charge in [-0.1, -0.05) is 31.2 Å². The molecule has 1 aromatic heterocycles. The fourth-order valence-electron chi connectivity index (χ4n) is 4.71. The van der Waals surface area contributed by atoms with E-state index in [1.54, 1.807) is 23.1 Å². The second kappa shape index (κ2) is 10.2. The molecule has 1 amide bonds. The molecule has 182 valence electrons. The molecule has 1 fully saturated rings. The van der Waals surface area contributed by atoms with E-state index >= 15 is 0 Å². The number of rotatable bonds is 7. The zero-order valence-corrected chi connectivity index (χ0v) is 19.9. The van der Waals surface area contributed by atoms with Gasteiger partial charge < -0.3 is 15.0 Å². The van der Waals surface area contributed by atoms with Gasteiger partial charge in [0.25, 0.3) is 5.56 Å². The van der Waals surface area contributed by atoms with Crippen molar-refractivity contribution in [2.45, 2.75) is 39.5 Å². The molecule has 0 bridgehead atoms. The Kier molecular flexibility index (Phi) is 7.10. The van der Waals surface area contributed by atoms with E-state index in [0.29, 0.717) is 61.1 Å². The van der Waals surface area contributed by atoms with Crippen molar-refractivity contribution < 1.29 is 19.5 Å². The molecule has 1 aliphatic rings. The highest BCUT2D eigenvalue weighted by Gasteiger charge is 2.29. The Hall–Kier alpha value is -3.81. The summed E-state index contributed by atoms with van der Waals surface area (Å²) in [5, 5.41) is 9.72. The van der Waals surface area contributed by atoms with Crippen LogP contribution in [0.15, 0.2) is 47.3 Å². The molecule has 35 heavy (non-hydrogen) atoms. The largest absolute Gasteiger partial charge is 0.478 e. The van der Waals surface area contributed by atoms with Crippen molar-refractivity contribution in [3.8, 4) is 0 Å². The van der Waals surface area contributed by atoms with Crippen molar-refractivity contribution in [2.75, 3.05) is 13.1 Å². The van der Waals surface area contributed by atoms with Crippen molar-refractivity contribution in [1.82, 2.24) is 14.9 Å². The van der Waals surface area contributed by atoms with Crippen LogP contribution >= 0.6 is 0 Å². The number of hydrogen-bond donors (Lipinski definition) is 2. The van der Waals surface area contributed by atoms with Crippen LogP contribution in [-0.4, -0.2) is 50.7 Å². The third kappa shape index (κ3) is 5.48. The minimum atomic E-state index is -1.06. The number of aromatic carboxylic acids is 1. The zero-order valence-electron chi connectivity index (χ0n) is 19.9. The Morgan fingerprint density at radius 3 is 2.51 bits per heavy atom. The second-order valence-corrected chi connectivity index (χ2v) is 9.40. The van der Waals surface area contributed by atoms with E-state index in [-0.39, 0.29) is 34.6 Å². The number of likely N-dealkylation sites (tertiary alicyclic amines) is 1. The first-order valence-electron chi connectivity index (χ1n) is 11.9. The first-order chi connectivity index (χ1) is 16.7. The molecule has 2 heterocycles. The van der Waals surface area contributed by atoms with Crippen molar-refractivity contribution in [3.63, 3.8) is 0 Å². The number of para-hydroxylation sites is 1. The monoisotopic (exact) mass is 475 g/mol. The lowest BCUT2D eigenvalue weighted by atomic mass is 9.88. The van der Waals surface area contributed by atoms with Gasteiger partial charge in [-0.05, 0) is 49.4 Å². The van der Waals surface area contributed by atoms with E-state index in [0.717, 1.165) is 5.56 Å². The highest BCUT2D eigenvalue weighted by atomic mass is 16.4. The molecule has 0 aliphatic carbocycles. The summed E-state index contributed by atoms with van der Waals surface area (Å²) < 4.78 is 0. The van der Waals surface area contributed by atoms with Gasteiger partial charge in [-0.25, -0.2) is 9.78 Å². The van der Waals surface area contributed by atoms with Gasteiger partial charge in [0, 0.05) is 37.4 Å². The maximum atomic E-state index is 12.9. The minimum Gasteiger partial charge on any atom is -0.478 e. The topological polar surface area (TPSA) is 120 Å². The summed E-state index contributed by atoms with van der Waals surface area (Å²) in [5.41, 5.74) is 1.94. The first-order valence-corrected chi connectivity index (χ1v) is 11.9. The fourth-order valence-corrected chi connectivity index (χ4v) is 4.71. The van der Waals surface area contributed by atoms with Gasteiger partial charge in [0.1, 0.15) is 5.82 Å². The number of nitrogens with one attached hydrogen (secondary N) is 1. The van der Waals surface area contributed by atoms with Crippen LogP contribution in [-0.2, 0) is 11.2 Å². The Morgan fingerprint density at radius 2 is 1.80 bits per heavy atom. The third-order valence-electron chi connectivity index (χ3n) is 6.66. The van der Waals surface area contributed by atoms with Gasteiger partial charge in [0.15, 0.2) is 5.78 Å². The molecular weight excluding hydrogens is 446 g/mol. The van der Waals surface area contributed by atoms with Gasteiger partial charge in [-0.3, -0.25) is 14.4 Å². The van der Waals surface area contributed by atoms with E-state index in [4.69, 9.17) is 5.11 Å². The molecule has 0 radical (unpaired) electrons. The molecule has 1 aliphatic heterocycles. The molecule has 2 aromatic carbocycles. The molecule has 1 saturated heterocycles. The van der Waals surface area contributed by atoms with Crippen LogP contribution in [0.25, 0.3) is 10.9 Å². The fraction of sp³-hybridized carbons (Fsp3) is 0.370. The summed E-state index contributed by atoms with van der Waals surface area (Å²) in [6, 6.07) is 11.6. The average Bonchev–Trinajstić information content (AvgIpc) is 2.84. The minimum absolute atomic E-state index is 0.00904. The van der Waals surface area contributed by atoms with Gasteiger partial charge >= 0.3 is 5.97 Å². The molecule has 3 aromatic rings. The molecule has 8 heteroatoms. The van der Waals surface area contributed by atoms with Crippen LogP contribution in [0.2, 0.25) is 0 Å². The smallest absolute Gasteiger partial charge is 0.335 e. The van der Waals surface area contributed by atoms with Crippen LogP contribution in [0.3, 0.4) is 0 Å². The number of hydrogen-bond acceptors (Lipinski definition) is 5. The number of amides is 1. The van der Waals surface area contributed by atoms with Crippen LogP contribution in [0, 0.1) is 18.8 Å². The Morgan fingerprint density at radius 1 is 1.11 bits per heavy atom. The number of piperidine rings is 1. The number of aryl methyl sites for hydroxylation is 1. The molecule has 0 saturated carbocycles. The number of carbonyl (C=O) groups excluding carboxylic acids is 2. The number of carboxylic acid groups (broad SMARTS) is 1. The molecule has 8 nitrogen and oxygen atoms in total. The lowest BCUT2D eigenvalue weighted by molar-refractivity contribution is -0.133. The van der Waals surface area contributed by atoms with Crippen LogP contribution in [0.1, 0.15) is 58.3 Å². The van der Waals surface area contributed by atoms with Crippen LogP contribution in [0.5, 0.6) is 0 Å². The lowest BCUT2D eigenvalue weighted by Crippen LogP contribution is -2.41. The summed E-state index contributed by atoms with van der Waals surface area (Å²) in [5.74, 6) is -0.774. The number of carboxylic acids is 1. The molecule has 0 unspecified atom stereocenters. The summed E-state index contributed by atoms with van der Waals surface area (Å²) in [7, 11) is 0. The van der Waals surface area contributed by atoms with E-state index < -0.39 is 5.97 Å². The normalized spacial score (nSPS) is 15.2. The summed E-state index contributed by atoms with van der Waals surface area (Å²) >= 11 is 0. The number of ketones is 1. The number of H-pyrrole nitrogens is 1. The maximum absolute atomic E-state index is 12.9. The van der Waals surface area contributed by atoms with Crippen molar-refractivity contribution >= 4 is 28.6 Å². The van der Waals surface area contributed by atoms with Crippen molar-refractivity contribution in [3.05, 3.63) is 75.3 Å². The van der Waals surface area contributed by atoms with Crippen molar-refractivity contribution in [1.29, 1.82) is 0 Å². The van der Waals surface area contributed by atoms with E-state index in [1.807, 2.05) is 26.0 Å². The summed E-state index contributed by atoms with van der Waals surface area (Å²) in [6.07, 6.45) is 1.92. The predicted molar refractivity (Wildman–Crippen MR) is 132 cm³/mol.